The van der Waals surface area contributed by atoms with Gasteiger partial charge in [-0.3, -0.25) is 14.7 Å². The maximum atomic E-state index is 12.4. The first-order valence-corrected chi connectivity index (χ1v) is 9.55. The van der Waals surface area contributed by atoms with Crippen molar-refractivity contribution in [2.75, 3.05) is 5.32 Å². The van der Waals surface area contributed by atoms with Crippen LogP contribution in [0.4, 0.5) is 5.82 Å². The predicted molar refractivity (Wildman–Crippen MR) is 111 cm³/mol. The summed E-state index contributed by atoms with van der Waals surface area (Å²) in [6.45, 7) is 0. The minimum absolute atomic E-state index is 0.272. The first kappa shape index (κ1) is 18.5. The van der Waals surface area contributed by atoms with Gasteiger partial charge in [-0.1, -0.05) is 6.07 Å². The molecule has 0 radical (unpaired) electrons. The fraction of sp³-hybridized carbons (Fsp3) is 0. The third-order valence-electron chi connectivity index (χ3n) is 4.10. The number of rotatable bonds is 6. The summed E-state index contributed by atoms with van der Waals surface area (Å²) in [5.41, 5.74) is 6.95. The van der Waals surface area contributed by atoms with Crippen LogP contribution in [0.3, 0.4) is 0 Å². The van der Waals surface area contributed by atoms with Crippen LogP contribution in [0.25, 0.3) is 10.6 Å². The van der Waals surface area contributed by atoms with Gasteiger partial charge in [0.15, 0.2) is 5.82 Å². The smallest absolute Gasteiger partial charge is 0.256 e. The van der Waals surface area contributed by atoms with Gasteiger partial charge < -0.3 is 15.8 Å². The number of carbonyl (C=O) groups is 2. The molecule has 4 aromatic rings. The van der Waals surface area contributed by atoms with Crippen molar-refractivity contribution in [3.63, 3.8) is 0 Å². The summed E-state index contributed by atoms with van der Waals surface area (Å²) < 4.78 is 5.71. The first-order valence-electron chi connectivity index (χ1n) is 8.67. The highest BCUT2D eigenvalue weighted by Crippen LogP contribution is 2.25. The molecule has 0 unspecified atom stereocenters. The second-order valence-corrected chi connectivity index (χ2v) is 7.06. The van der Waals surface area contributed by atoms with E-state index in [4.69, 9.17) is 10.5 Å². The SMILES string of the molecule is NC(=O)c1ccc(Oc2ccc(C(=O)Nc3cc(-c4cccs4)[nH]n3)cc2)cc1. The van der Waals surface area contributed by atoms with Gasteiger partial charge in [-0.15, -0.1) is 11.3 Å². The Labute approximate surface area is 170 Å². The Morgan fingerprint density at radius 3 is 2.21 bits per heavy atom. The van der Waals surface area contributed by atoms with Crippen molar-refractivity contribution in [2.24, 2.45) is 5.73 Å². The van der Waals surface area contributed by atoms with Gasteiger partial charge in [0, 0.05) is 17.2 Å². The van der Waals surface area contributed by atoms with Gasteiger partial charge in [0.05, 0.1) is 10.6 Å². The normalized spacial score (nSPS) is 10.5. The Bertz CT molecular complexity index is 1130. The zero-order valence-corrected chi connectivity index (χ0v) is 15.9. The van der Waals surface area contributed by atoms with Crippen LogP contribution in [-0.4, -0.2) is 22.0 Å². The molecule has 2 heterocycles. The number of carbonyl (C=O) groups excluding carboxylic acids is 2. The largest absolute Gasteiger partial charge is 0.457 e. The Kier molecular flexibility index (Phi) is 5.08. The fourth-order valence-corrected chi connectivity index (χ4v) is 3.32. The number of nitrogens with zero attached hydrogens (tertiary/aromatic N) is 1. The molecular formula is C21H16N4O3S. The van der Waals surface area contributed by atoms with Crippen molar-refractivity contribution < 1.29 is 14.3 Å². The Morgan fingerprint density at radius 2 is 1.62 bits per heavy atom. The summed E-state index contributed by atoms with van der Waals surface area (Å²) in [5, 5.41) is 11.8. The highest BCUT2D eigenvalue weighted by atomic mass is 32.1. The van der Waals surface area contributed by atoms with Gasteiger partial charge in [0.1, 0.15) is 11.5 Å². The van der Waals surface area contributed by atoms with Crippen molar-refractivity contribution in [2.45, 2.75) is 0 Å². The van der Waals surface area contributed by atoms with Crippen LogP contribution in [0.15, 0.2) is 72.1 Å². The van der Waals surface area contributed by atoms with Gasteiger partial charge in [-0.25, -0.2) is 0 Å². The van der Waals surface area contributed by atoms with E-state index in [1.807, 2.05) is 17.5 Å². The summed E-state index contributed by atoms with van der Waals surface area (Å²) in [4.78, 5) is 24.6. The van der Waals surface area contributed by atoms with E-state index in [0.29, 0.717) is 28.4 Å². The van der Waals surface area contributed by atoms with E-state index in [-0.39, 0.29) is 5.91 Å². The number of thiophene rings is 1. The van der Waals surface area contributed by atoms with E-state index < -0.39 is 5.91 Å². The number of aromatic nitrogens is 2. The second-order valence-electron chi connectivity index (χ2n) is 6.11. The molecule has 29 heavy (non-hydrogen) atoms. The third-order valence-corrected chi connectivity index (χ3v) is 5.00. The molecule has 2 amide bonds. The molecule has 0 aliphatic rings. The second kappa shape index (κ2) is 7.99. The number of benzene rings is 2. The van der Waals surface area contributed by atoms with Crippen molar-refractivity contribution in [1.29, 1.82) is 0 Å². The number of hydrogen-bond acceptors (Lipinski definition) is 5. The lowest BCUT2D eigenvalue weighted by atomic mass is 10.2. The third kappa shape index (κ3) is 4.33. The standard InChI is InChI=1S/C21H16N4O3S/c22-20(26)13-3-7-15(8-4-13)28-16-9-5-14(6-10-16)21(27)23-19-12-17(24-25-19)18-2-1-11-29-18/h1-12H,(H2,22,26)(H2,23,24,25,27). The summed E-state index contributed by atoms with van der Waals surface area (Å²) in [7, 11) is 0. The number of amides is 2. The molecule has 8 heteroatoms. The predicted octanol–water partition coefficient (Wildman–Crippen LogP) is 4.28. The van der Waals surface area contributed by atoms with Crippen molar-refractivity contribution >= 4 is 29.0 Å². The highest BCUT2D eigenvalue weighted by Gasteiger charge is 2.10. The van der Waals surface area contributed by atoms with Crippen molar-refractivity contribution in [1.82, 2.24) is 10.2 Å². The number of H-pyrrole nitrogens is 1. The van der Waals surface area contributed by atoms with Crippen LogP contribution in [0.5, 0.6) is 11.5 Å². The van der Waals surface area contributed by atoms with E-state index >= 15 is 0 Å². The molecule has 0 aliphatic heterocycles. The van der Waals surface area contributed by atoms with Crippen LogP contribution in [0.1, 0.15) is 20.7 Å². The molecule has 0 spiro atoms. The van der Waals surface area contributed by atoms with Crippen molar-refractivity contribution in [3.05, 3.63) is 83.2 Å². The molecule has 4 N–H and O–H groups in total. The number of aromatic amines is 1. The van der Waals surface area contributed by atoms with E-state index in [1.54, 1.807) is 65.9 Å². The molecule has 0 aliphatic carbocycles. The lowest BCUT2D eigenvalue weighted by molar-refractivity contribution is 0.0997. The topological polar surface area (TPSA) is 110 Å². The summed E-state index contributed by atoms with van der Waals surface area (Å²) in [5.74, 6) is 0.809. The summed E-state index contributed by atoms with van der Waals surface area (Å²) in [6.07, 6.45) is 0. The van der Waals surface area contributed by atoms with Gasteiger partial charge in [-0.05, 0) is 60.0 Å². The lowest BCUT2D eigenvalue weighted by Gasteiger charge is -2.07. The maximum Gasteiger partial charge on any atom is 0.256 e. The maximum absolute atomic E-state index is 12.4. The molecule has 144 valence electrons. The lowest BCUT2D eigenvalue weighted by Crippen LogP contribution is -2.11. The van der Waals surface area contributed by atoms with Gasteiger partial charge in [0.2, 0.25) is 5.91 Å². The molecule has 2 aromatic heterocycles. The Morgan fingerprint density at radius 1 is 0.966 bits per heavy atom. The molecule has 4 rings (SSSR count). The number of ether oxygens (including phenoxy) is 1. The number of primary amides is 1. The van der Waals surface area contributed by atoms with Crippen molar-refractivity contribution in [3.8, 4) is 22.1 Å². The molecule has 0 atom stereocenters. The van der Waals surface area contributed by atoms with Gasteiger partial charge in [0.25, 0.3) is 5.91 Å². The van der Waals surface area contributed by atoms with Crippen LogP contribution in [0.2, 0.25) is 0 Å². The van der Waals surface area contributed by atoms with Gasteiger partial charge >= 0.3 is 0 Å². The van der Waals surface area contributed by atoms with E-state index in [9.17, 15) is 9.59 Å². The average molecular weight is 404 g/mol. The monoisotopic (exact) mass is 404 g/mol. The molecular weight excluding hydrogens is 388 g/mol. The molecule has 0 bridgehead atoms. The molecule has 2 aromatic carbocycles. The Hall–Kier alpha value is -3.91. The fourth-order valence-electron chi connectivity index (χ4n) is 2.63. The summed E-state index contributed by atoms with van der Waals surface area (Å²) in [6, 6.07) is 18.9. The number of anilines is 1. The van der Waals surface area contributed by atoms with Crippen LogP contribution in [0, 0.1) is 0 Å². The van der Waals surface area contributed by atoms with Crippen LogP contribution in [-0.2, 0) is 0 Å². The minimum Gasteiger partial charge on any atom is -0.457 e. The number of hydrogen-bond donors (Lipinski definition) is 3. The highest BCUT2D eigenvalue weighted by molar-refractivity contribution is 7.13. The van der Waals surface area contributed by atoms with E-state index in [2.05, 4.69) is 15.5 Å². The quantitative estimate of drug-likeness (QED) is 0.445. The first-order chi connectivity index (χ1) is 14.1. The van der Waals surface area contributed by atoms with E-state index in [0.717, 1.165) is 10.6 Å². The minimum atomic E-state index is -0.494. The molecule has 7 nitrogen and oxygen atoms in total. The Balaban J connectivity index is 1.39. The van der Waals surface area contributed by atoms with Gasteiger partial charge in [-0.2, -0.15) is 5.10 Å². The van der Waals surface area contributed by atoms with Crippen LogP contribution < -0.4 is 15.8 Å². The summed E-state index contributed by atoms with van der Waals surface area (Å²) >= 11 is 1.59. The zero-order chi connectivity index (χ0) is 20.2. The number of nitrogens with two attached hydrogens (primary N) is 1. The molecule has 0 saturated carbocycles. The molecule has 0 saturated heterocycles. The van der Waals surface area contributed by atoms with Crippen LogP contribution >= 0.6 is 11.3 Å². The zero-order valence-electron chi connectivity index (χ0n) is 15.1. The number of nitrogens with one attached hydrogen (secondary N) is 2. The average Bonchev–Trinajstić information content (AvgIpc) is 3.41. The van der Waals surface area contributed by atoms with E-state index in [1.165, 1.54) is 0 Å². The molecule has 0 fully saturated rings.